The van der Waals surface area contributed by atoms with Gasteiger partial charge in [0.05, 0.1) is 16.0 Å². The molecule has 130 valence electrons. The minimum Gasteiger partial charge on any atom is -0.488 e. The first-order valence-electron chi connectivity index (χ1n) is 12.1. The van der Waals surface area contributed by atoms with E-state index >= 15 is 0 Å². The number of carboxylic acid groups (broad SMARTS) is 1. The Balaban J connectivity index is 2.47. The van der Waals surface area contributed by atoms with Crippen molar-refractivity contribution in [3.05, 3.63) is 70.6 Å². The van der Waals surface area contributed by atoms with E-state index in [-0.39, 0.29) is 52.6 Å². The summed E-state index contributed by atoms with van der Waals surface area (Å²) in [5.41, 5.74) is -0.262. The van der Waals surface area contributed by atoms with Gasteiger partial charge in [-0.2, -0.15) is 0 Å². The van der Waals surface area contributed by atoms with Crippen LogP contribution in [0.3, 0.4) is 0 Å². The van der Waals surface area contributed by atoms with E-state index in [4.69, 9.17) is 17.1 Å². The molecule has 0 saturated heterocycles. The van der Waals surface area contributed by atoms with E-state index in [1.54, 1.807) is 0 Å². The van der Waals surface area contributed by atoms with Crippen LogP contribution in [0, 0.1) is 0 Å². The monoisotopic (exact) mass is 346 g/mol. The van der Waals surface area contributed by atoms with Crippen LogP contribution in [-0.4, -0.2) is 36.6 Å². The minimum atomic E-state index is -1.86. The van der Waals surface area contributed by atoms with Gasteiger partial charge in [-0.05, 0) is 54.9 Å². The molecule has 0 aromatic heterocycles. The van der Waals surface area contributed by atoms with Crippen LogP contribution >= 0.6 is 0 Å². The molecule has 0 fully saturated rings. The lowest BCUT2D eigenvalue weighted by Gasteiger charge is -2.13. The summed E-state index contributed by atoms with van der Waals surface area (Å²) in [6, 6.07) is -3.23. The lowest BCUT2D eigenvalue weighted by molar-refractivity contribution is -0.136. The Kier molecular flexibility index (Phi) is 2.77. The maximum Gasteiger partial charge on any atom is 0.307 e. The lowest BCUT2D eigenvalue weighted by Crippen LogP contribution is -2.12. The van der Waals surface area contributed by atoms with Crippen molar-refractivity contribution >= 4 is 11.5 Å². The van der Waals surface area contributed by atoms with E-state index in [2.05, 4.69) is 0 Å². The molecule has 1 aliphatic heterocycles. The molecule has 0 aliphatic carbocycles. The summed E-state index contributed by atoms with van der Waals surface area (Å²) in [7, 11) is 3.05. The average Bonchev–Trinajstić information content (AvgIpc) is 2.93. The maximum atomic E-state index is 11.4. The second-order valence-electron chi connectivity index (χ2n) is 5.64. The molecular formula is C21H23NO3. The van der Waals surface area contributed by atoms with Crippen LogP contribution in [0.15, 0.2) is 48.4 Å². The Hall–Kier alpha value is -2.59. The normalized spacial score (nSPS) is 20.3. The average molecular weight is 346 g/mol. The van der Waals surface area contributed by atoms with Gasteiger partial charge in [-0.15, -0.1) is 0 Å². The standard InChI is InChI=1S/C21H23NO3/c1-22(2)11-5-8-18-17-7-4-3-6-16(17)14-25-20-10-9-15(12-19(18)20)13-21(23)24/h3-4,6-10,12H,5,11,13-14H2,1-2H3,(H,23,24)/b18-8+/i3D,4D,6D,7D,9D,10D,11D2,12D. The highest BCUT2D eigenvalue weighted by molar-refractivity contribution is 5.85. The molecule has 1 aliphatic rings. The SMILES string of the molecule is [2H]c1c([2H])c([2H])c2c(c1[2H])COc1c([2H])c([2H])c(CC(=O)O)c([2H])c1/C2=C/CC([2H])([2H])N(C)C. The fraction of sp³-hybridized carbons (Fsp3) is 0.286. The van der Waals surface area contributed by atoms with E-state index in [0.717, 1.165) is 0 Å². The number of hydrogen-bond acceptors (Lipinski definition) is 3. The fourth-order valence-corrected chi connectivity index (χ4v) is 2.45. The Labute approximate surface area is 161 Å². The molecule has 0 bridgehead atoms. The zero-order chi connectivity index (χ0) is 25.7. The molecule has 0 amide bonds. The summed E-state index contributed by atoms with van der Waals surface area (Å²) in [5, 5.41) is 9.28. The molecule has 4 nitrogen and oxygen atoms in total. The van der Waals surface area contributed by atoms with Crippen molar-refractivity contribution in [2.75, 3.05) is 20.6 Å². The molecule has 2 aromatic carbocycles. The summed E-state index contributed by atoms with van der Waals surface area (Å²) in [6.45, 7) is -2.24. The van der Waals surface area contributed by atoms with Crippen molar-refractivity contribution in [1.82, 2.24) is 4.90 Å². The molecule has 0 saturated carbocycles. The van der Waals surface area contributed by atoms with Crippen molar-refractivity contribution in [3.63, 3.8) is 0 Å². The van der Waals surface area contributed by atoms with Gasteiger partial charge in [0.25, 0.3) is 0 Å². The molecular weight excluding hydrogens is 314 g/mol. The Bertz CT molecular complexity index is 1230. The lowest BCUT2D eigenvalue weighted by atomic mass is 9.92. The highest BCUT2D eigenvalue weighted by Gasteiger charge is 2.19. The number of nitrogens with zero attached hydrogens (tertiary/aromatic N) is 1. The van der Waals surface area contributed by atoms with Gasteiger partial charge in [-0.3, -0.25) is 4.79 Å². The number of fused-ring (bicyclic) bond motifs is 2. The van der Waals surface area contributed by atoms with Crippen LogP contribution < -0.4 is 4.74 Å². The minimum absolute atomic E-state index is 0.00814. The molecule has 0 radical (unpaired) electrons. The van der Waals surface area contributed by atoms with Gasteiger partial charge in [0.15, 0.2) is 0 Å². The molecule has 3 rings (SSSR count). The summed E-state index contributed by atoms with van der Waals surface area (Å²) in [6.07, 6.45) is 0.418. The number of aliphatic carboxylic acids is 1. The van der Waals surface area contributed by atoms with Crippen molar-refractivity contribution in [3.8, 4) is 5.75 Å². The predicted molar refractivity (Wildman–Crippen MR) is 98.8 cm³/mol. The van der Waals surface area contributed by atoms with Crippen LogP contribution in [0.4, 0.5) is 0 Å². The zero-order valence-electron chi connectivity index (χ0n) is 22.9. The van der Waals surface area contributed by atoms with Crippen LogP contribution in [0.2, 0.25) is 0 Å². The largest absolute Gasteiger partial charge is 0.488 e. The number of carboxylic acids is 1. The number of ether oxygens (including phenoxy) is 1. The summed E-state index contributed by atoms with van der Waals surface area (Å²) in [5.74, 6) is -1.54. The highest BCUT2D eigenvalue weighted by atomic mass is 16.5. The van der Waals surface area contributed by atoms with Gasteiger partial charge >= 0.3 is 5.97 Å². The van der Waals surface area contributed by atoms with Crippen LogP contribution in [0.25, 0.3) is 5.57 Å². The van der Waals surface area contributed by atoms with E-state index in [9.17, 15) is 9.90 Å². The van der Waals surface area contributed by atoms with Gasteiger partial charge < -0.3 is 14.7 Å². The molecule has 2 aromatic rings. The first kappa shape index (κ1) is 9.20. The molecule has 0 unspecified atom stereocenters. The first-order valence-corrected chi connectivity index (χ1v) is 7.65. The van der Waals surface area contributed by atoms with E-state index < -0.39 is 55.1 Å². The molecule has 0 spiro atoms. The Morgan fingerprint density at radius 2 is 2.12 bits per heavy atom. The van der Waals surface area contributed by atoms with Gasteiger partial charge in [0, 0.05) is 14.8 Å². The summed E-state index contributed by atoms with van der Waals surface area (Å²) >= 11 is 0. The van der Waals surface area contributed by atoms with E-state index in [1.807, 2.05) is 0 Å². The van der Waals surface area contributed by atoms with Gasteiger partial charge in [-0.25, -0.2) is 0 Å². The Morgan fingerprint density at radius 1 is 1.32 bits per heavy atom. The highest BCUT2D eigenvalue weighted by Crippen LogP contribution is 2.37. The summed E-state index contributed by atoms with van der Waals surface area (Å²) in [4.78, 5) is 12.7. The Morgan fingerprint density at radius 3 is 2.88 bits per heavy atom. The van der Waals surface area contributed by atoms with Gasteiger partial charge in [0.1, 0.15) is 12.4 Å². The third-order valence-corrected chi connectivity index (χ3v) is 3.54. The number of carbonyl (C=O) groups is 1. The van der Waals surface area contributed by atoms with Crippen molar-refractivity contribution in [2.24, 2.45) is 0 Å². The predicted octanol–water partition coefficient (Wildman–Crippen LogP) is 3.59. The first-order chi connectivity index (χ1) is 15.7. The van der Waals surface area contributed by atoms with Crippen molar-refractivity contribution in [1.29, 1.82) is 0 Å². The van der Waals surface area contributed by atoms with Gasteiger partial charge in [-0.1, -0.05) is 36.3 Å². The molecule has 1 heterocycles. The smallest absolute Gasteiger partial charge is 0.307 e. The summed E-state index contributed by atoms with van der Waals surface area (Å²) < 4.78 is 80.4. The number of rotatable bonds is 5. The molecule has 0 atom stereocenters. The zero-order valence-corrected chi connectivity index (χ0v) is 13.9. The molecule has 4 heteroatoms. The molecule has 1 N–H and O–H groups in total. The van der Waals surface area contributed by atoms with Crippen LogP contribution in [-0.2, 0) is 17.8 Å². The third-order valence-electron chi connectivity index (χ3n) is 3.54. The fourth-order valence-electron chi connectivity index (χ4n) is 2.45. The van der Waals surface area contributed by atoms with Crippen LogP contribution in [0.5, 0.6) is 5.75 Å². The van der Waals surface area contributed by atoms with Crippen LogP contribution in [0.1, 0.15) is 41.0 Å². The van der Waals surface area contributed by atoms with Crippen molar-refractivity contribution < 1.29 is 27.0 Å². The molecule has 25 heavy (non-hydrogen) atoms. The van der Waals surface area contributed by atoms with Crippen molar-refractivity contribution in [2.45, 2.75) is 19.4 Å². The second kappa shape index (κ2) is 7.53. The number of hydrogen-bond donors (Lipinski definition) is 1. The topological polar surface area (TPSA) is 49.8 Å². The third kappa shape index (κ3) is 4.09. The van der Waals surface area contributed by atoms with Gasteiger partial charge in [0.2, 0.25) is 0 Å². The maximum absolute atomic E-state index is 11.4. The second-order valence-corrected chi connectivity index (χ2v) is 5.64. The van der Waals surface area contributed by atoms with E-state index in [1.165, 1.54) is 25.1 Å². The number of benzene rings is 2. The quantitative estimate of drug-likeness (QED) is 0.899. The van der Waals surface area contributed by atoms with E-state index in [0.29, 0.717) is 0 Å².